The molecule has 0 saturated heterocycles. The summed E-state index contributed by atoms with van der Waals surface area (Å²) in [6.45, 7) is 0. The number of fused-ring (bicyclic) bond motifs is 1. The van der Waals surface area contributed by atoms with Gasteiger partial charge in [0.25, 0.3) is 0 Å². The number of benzene rings is 1. The summed E-state index contributed by atoms with van der Waals surface area (Å²) < 4.78 is 4.43. The average molecular weight is 273 g/mol. The Morgan fingerprint density at radius 2 is 1.65 bits per heavy atom. The van der Waals surface area contributed by atoms with Crippen LogP contribution in [0.15, 0.2) is 12.1 Å². The summed E-state index contributed by atoms with van der Waals surface area (Å²) in [6.07, 6.45) is 1.03. The van der Waals surface area contributed by atoms with Crippen LogP contribution in [0.2, 0.25) is 10.0 Å². The molecule has 5 heteroatoms. The van der Waals surface area contributed by atoms with Crippen molar-refractivity contribution in [2.45, 2.75) is 12.8 Å². The Labute approximate surface area is 109 Å². The van der Waals surface area contributed by atoms with Crippen LogP contribution in [0.4, 0.5) is 0 Å². The third-order valence-electron chi connectivity index (χ3n) is 2.93. The van der Waals surface area contributed by atoms with Crippen molar-refractivity contribution in [1.29, 1.82) is 0 Å². The molecule has 0 aliphatic heterocycles. The highest BCUT2D eigenvalue weighted by Crippen LogP contribution is 2.34. The smallest absolute Gasteiger partial charge is 0.374 e. The van der Waals surface area contributed by atoms with Crippen LogP contribution >= 0.6 is 23.2 Å². The predicted molar refractivity (Wildman–Crippen MR) is 64.4 cm³/mol. The van der Waals surface area contributed by atoms with Gasteiger partial charge < -0.3 is 4.74 Å². The summed E-state index contributed by atoms with van der Waals surface area (Å²) in [5.41, 5.74) is 1.95. The number of esters is 1. The number of carbonyl (C=O) groups excluding carboxylic acids is 2. The number of hydrogen-bond donors (Lipinski definition) is 0. The molecule has 1 aliphatic carbocycles. The normalized spacial score (nSPS) is 14.5. The van der Waals surface area contributed by atoms with Crippen LogP contribution in [0.25, 0.3) is 0 Å². The highest BCUT2D eigenvalue weighted by atomic mass is 35.5. The summed E-state index contributed by atoms with van der Waals surface area (Å²) in [4.78, 5) is 22.8. The predicted octanol–water partition coefficient (Wildman–Crippen LogP) is 2.45. The molecule has 1 aromatic rings. The van der Waals surface area contributed by atoms with Gasteiger partial charge >= 0.3 is 5.97 Å². The fraction of sp³-hybridized carbons (Fsp3) is 0.333. The van der Waals surface area contributed by atoms with Crippen LogP contribution in [0.1, 0.15) is 11.1 Å². The lowest BCUT2D eigenvalue weighted by Crippen LogP contribution is -2.25. The molecule has 2 rings (SSSR count). The van der Waals surface area contributed by atoms with Gasteiger partial charge in [0.15, 0.2) is 0 Å². The maximum Gasteiger partial charge on any atom is 0.374 e. The van der Waals surface area contributed by atoms with Gasteiger partial charge in [-0.25, -0.2) is 4.79 Å². The van der Waals surface area contributed by atoms with Crippen LogP contribution < -0.4 is 0 Å². The first-order valence-electron chi connectivity index (χ1n) is 5.12. The zero-order valence-electron chi connectivity index (χ0n) is 9.13. The highest BCUT2D eigenvalue weighted by molar-refractivity contribution is 6.42. The van der Waals surface area contributed by atoms with E-state index in [9.17, 15) is 9.59 Å². The number of carbonyl (C=O) groups is 2. The lowest BCUT2D eigenvalue weighted by Gasteiger charge is -2.04. The number of methoxy groups -OCH3 is 1. The minimum atomic E-state index is -0.792. The van der Waals surface area contributed by atoms with Crippen LogP contribution in [0, 0.1) is 5.92 Å². The van der Waals surface area contributed by atoms with E-state index in [1.54, 1.807) is 12.1 Å². The number of ketones is 1. The first-order valence-corrected chi connectivity index (χ1v) is 5.87. The van der Waals surface area contributed by atoms with Crippen molar-refractivity contribution in [2.24, 2.45) is 5.92 Å². The van der Waals surface area contributed by atoms with E-state index in [1.807, 2.05) is 0 Å². The van der Waals surface area contributed by atoms with Gasteiger partial charge in [-0.05, 0) is 36.1 Å². The largest absolute Gasteiger partial charge is 0.463 e. The number of hydrogen-bond acceptors (Lipinski definition) is 3. The lowest BCUT2D eigenvalue weighted by atomic mass is 10.0. The minimum absolute atomic E-state index is 0.355. The Morgan fingerprint density at radius 1 is 1.18 bits per heavy atom. The molecule has 0 bridgehead atoms. The van der Waals surface area contributed by atoms with Gasteiger partial charge in [-0.15, -0.1) is 0 Å². The number of Topliss-reactive ketones (excluding diaryl/α,β-unsaturated/α-hetero) is 1. The van der Waals surface area contributed by atoms with E-state index in [2.05, 4.69) is 4.74 Å². The second-order valence-electron chi connectivity index (χ2n) is 4.00. The topological polar surface area (TPSA) is 43.4 Å². The summed E-state index contributed by atoms with van der Waals surface area (Å²) in [5, 5.41) is 0.938. The molecular weight excluding hydrogens is 263 g/mol. The molecule has 0 heterocycles. The van der Waals surface area contributed by atoms with E-state index in [0.717, 1.165) is 11.1 Å². The fourth-order valence-corrected chi connectivity index (χ4v) is 2.44. The minimum Gasteiger partial charge on any atom is -0.463 e. The molecule has 0 saturated carbocycles. The zero-order chi connectivity index (χ0) is 12.6. The second kappa shape index (κ2) is 4.67. The van der Waals surface area contributed by atoms with Crippen LogP contribution in [0.5, 0.6) is 0 Å². The molecule has 90 valence electrons. The molecule has 1 aliphatic rings. The van der Waals surface area contributed by atoms with Crippen LogP contribution in [0.3, 0.4) is 0 Å². The summed E-state index contributed by atoms with van der Waals surface area (Å²) in [5.74, 6) is -1.64. The van der Waals surface area contributed by atoms with E-state index >= 15 is 0 Å². The Morgan fingerprint density at radius 3 is 2.06 bits per heavy atom. The van der Waals surface area contributed by atoms with Gasteiger partial charge in [0.2, 0.25) is 5.78 Å². The number of rotatable bonds is 2. The lowest BCUT2D eigenvalue weighted by molar-refractivity contribution is -0.153. The van der Waals surface area contributed by atoms with Crippen molar-refractivity contribution in [2.75, 3.05) is 7.11 Å². The Kier molecular flexibility index (Phi) is 3.40. The Hall–Kier alpha value is -1.06. The highest BCUT2D eigenvalue weighted by Gasteiger charge is 2.32. The van der Waals surface area contributed by atoms with Gasteiger partial charge in [-0.2, -0.15) is 0 Å². The quantitative estimate of drug-likeness (QED) is 0.614. The van der Waals surface area contributed by atoms with Gasteiger partial charge in [0, 0.05) is 5.92 Å². The van der Waals surface area contributed by atoms with E-state index in [1.165, 1.54) is 7.11 Å². The molecule has 0 unspecified atom stereocenters. The van der Waals surface area contributed by atoms with Crippen LogP contribution in [-0.2, 0) is 27.2 Å². The van der Waals surface area contributed by atoms with Crippen molar-refractivity contribution in [3.63, 3.8) is 0 Å². The molecule has 3 nitrogen and oxygen atoms in total. The maximum atomic E-state index is 11.7. The molecule has 17 heavy (non-hydrogen) atoms. The Bertz CT molecular complexity index is 466. The first kappa shape index (κ1) is 12.4. The molecule has 0 amide bonds. The summed E-state index contributed by atoms with van der Waals surface area (Å²) in [7, 11) is 1.20. The van der Waals surface area contributed by atoms with Crippen LogP contribution in [-0.4, -0.2) is 18.9 Å². The van der Waals surface area contributed by atoms with Gasteiger partial charge in [-0.1, -0.05) is 23.2 Å². The third-order valence-corrected chi connectivity index (χ3v) is 3.65. The number of halogens is 2. The van der Waals surface area contributed by atoms with Crippen molar-refractivity contribution in [1.82, 2.24) is 0 Å². The molecule has 0 atom stereocenters. The summed E-state index contributed by atoms with van der Waals surface area (Å²) in [6, 6.07) is 3.51. The standard InChI is InChI=1S/C12H10Cl2O3/c1-17-12(16)11(15)8-2-6-4-9(13)10(14)5-7(6)3-8/h4-5,8H,2-3H2,1H3. The van der Waals surface area contributed by atoms with E-state index in [-0.39, 0.29) is 5.92 Å². The molecule has 0 spiro atoms. The Balaban J connectivity index is 2.22. The molecule has 1 aromatic carbocycles. The first-order chi connectivity index (χ1) is 8.02. The van der Waals surface area contributed by atoms with Crippen molar-refractivity contribution >= 4 is 35.0 Å². The number of ether oxygens (including phenoxy) is 1. The van der Waals surface area contributed by atoms with Gasteiger partial charge in [-0.3, -0.25) is 4.79 Å². The average Bonchev–Trinajstić information content (AvgIpc) is 2.70. The van der Waals surface area contributed by atoms with E-state index < -0.39 is 11.8 Å². The monoisotopic (exact) mass is 272 g/mol. The van der Waals surface area contributed by atoms with Crippen molar-refractivity contribution in [3.8, 4) is 0 Å². The third kappa shape index (κ3) is 2.31. The fourth-order valence-electron chi connectivity index (χ4n) is 2.07. The van der Waals surface area contributed by atoms with E-state index in [0.29, 0.717) is 22.9 Å². The molecule has 0 N–H and O–H groups in total. The molecule has 0 radical (unpaired) electrons. The summed E-state index contributed by atoms with van der Waals surface area (Å²) >= 11 is 11.8. The molecule has 0 aromatic heterocycles. The van der Waals surface area contributed by atoms with Gasteiger partial charge in [0.1, 0.15) is 0 Å². The SMILES string of the molecule is COC(=O)C(=O)C1Cc2cc(Cl)c(Cl)cc2C1. The van der Waals surface area contributed by atoms with Crippen molar-refractivity contribution < 1.29 is 14.3 Å². The molecular formula is C12H10Cl2O3. The van der Waals surface area contributed by atoms with Crippen molar-refractivity contribution in [3.05, 3.63) is 33.3 Å². The second-order valence-corrected chi connectivity index (χ2v) is 4.81. The zero-order valence-corrected chi connectivity index (χ0v) is 10.6. The maximum absolute atomic E-state index is 11.7. The van der Waals surface area contributed by atoms with Gasteiger partial charge in [0.05, 0.1) is 17.2 Å². The molecule has 0 fully saturated rings. The van der Waals surface area contributed by atoms with E-state index in [4.69, 9.17) is 23.2 Å².